The van der Waals surface area contributed by atoms with Gasteiger partial charge in [-0.1, -0.05) is 73.5 Å². The van der Waals surface area contributed by atoms with Gasteiger partial charge in [0.1, 0.15) is 12.1 Å². The molecule has 2 aromatic carbocycles. The van der Waals surface area contributed by atoms with Crippen molar-refractivity contribution >= 4 is 84.2 Å². The third kappa shape index (κ3) is 25.3. The Morgan fingerprint density at radius 1 is 0.635 bits per heavy atom. The number of aliphatic carboxylic acids is 4. The minimum Gasteiger partial charge on any atom is -0.481 e. The van der Waals surface area contributed by atoms with Crippen LogP contribution in [0.25, 0.3) is 0 Å². The van der Waals surface area contributed by atoms with E-state index in [1.807, 2.05) is 0 Å². The molecule has 25 heteroatoms. The minimum absolute atomic E-state index is 0.00936. The molecule has 0 bridgehead atoms. The molecular formula is C49H67N7O17S. The Balaban J connectivity index is 1.99. The van der Waals surface area contributed by atoms with Gasteiger partial charge in [0.05, 0.1) is 30.8 Å². The zero-order valence-corrected chi connectivity index (χ0v) is 41.9. The molecule has 0 aliphatic heterocycles. The monoisotopic (exact) mass is 1060 g/mol. The fourth-order valence-corrected chi connectivity index (χ4v) is 7.60. The van der Waals surface area contributed by atoms with Gasteiger partial charge in [-0.05, 0) is 50.2 Å². The smallest absolute Gasteiger partial charge is 0.326 e. The number of carboxylic acids is 4. The Bertz CT molecular complexity index is 2240. The molecule has 7 atom stereocenters. The molecule has 0 fully saturated rings. The molecule has 24 nitrogen and oxygen atoms in total. The number of hydrogen-bond acceptors (Lipinski definition) is 15. The van der Waals surface area contributed by atoms with E-state index < -0.39 is 133 Å². The zero-order chi connectivity index (χ0) is 55.2. The number of unbranched alkanes of at least 4 members (excludes halogenated alkanes) is 3. The second-order valence-electron chi connectivity index (χ2n) is 17.6. The third-order valence-corrected chi connectivity index (χ3v) is 11.9. The molecule has 0 saturated carbocycles. The number of ketones is 2. The summed E-state index contributed by atoms with van der Waals surface area (Å²) in [6.07, 6.45) is -0.818. The predicted molar refractivity (Wildman–Crippen MR) is 266 cm³/mol. The van der Waals surface area contributed by atoms with Crippen molar-refractivity contribution in [1.29, 1.82) is 0 Å². The standard InChI is InChI=1S/C49H67N7O17S/c1-49(73-29-57,20-19-42(62)63)56-48(72)55-35(47(70)71)17-18-40(60)51-21-11-3-2-10-16-41(61)53-36(23-31-14-8-5-9-15-31)38(58)24-32(22-30-12-6-4-7-13-30)44(66)52-27-34(50)45(67)54-37(26-43(64)65)39(59)25-33(28-74)46(68)69/h4-9,12-15,29,32-37,74H,2-3,10-11,16-28,50H2,1H3,(H,51,60)(H,52,66)(H,53,61)(H,54,67)(H,62,63)(H,64,65)(H,68,69)(H,70,71)(H2,55,56,72)/t32-,33?,34+,35+,36+,37?,49-/m1/s1. The molecule has 2 unspecified atom stereocenters. The number of rotatable bonds is 38. The van der Waals surface area contributed by atoms with Gasteiger partial charge in [-0.25, -0.2) is 9.59 Å². The molecule has 406 valence electrons. The number of hydrogen-bond donors (Lipinski definition) is 12. The van der Waals surface area contributed by atoms with Crippen molar-refractivity contribution in [2.24, 2.45) is 17.6 Å². The fourth-order valence-electron chi connectivity index (χ4n) is 7.31. The van der Waals surface area contributed by atoms with E-state index in [4.69, 9.17) is 15.6 Å². The Morgan fingerprint density at radius 3 is 1.80 bits per heavy atom. The molecule has 0 saturated heterocycles. The summed E-state index contributed by atoms with van der Waals surface area (Å²) in [5.41, 5.74) is 5.75. The lowest BCUT2D eigenvalue weighted by Crippen LogP contribution is -2.55. The number of carboxylic acid groups (broad SMARTS) is 4. The fraction of sp³-hybridized carbons (Fsp3) is 0.510. The number of ether oxygens (including phenoxy) is 1. The number of carbonyl (C=O) groups is 12. The molecule has 0 spiro atoms. The van der Waals surface area contributed by atoms with Gasteiger partial charge in [-0.15, -0.1) is 0 Å². The van der Waals surface area contributed by atoms with Crippen LogP contribution in [0, 0.1) is 11.8 Å². The summed E-state index contributed by atoms with van der Waals surface area (Å²) in [5, 5.41) is 51.8. The summed E-state index contributed by atoms with van der Waals surface area (Å²) in [4.78, 5) is 149. The highest BCUT2D eigenvalue weighted by Gasteiger charge is 2.33. The second kappa shape index (κ2) is 33.3. The lowest BCUT2D eigenvalue weighted by Gasteiger charge is -2.29. The van der Waals surface area contributed by atoms with E-state index >= 15 is 0 Å². The van der Waals surface area contributed by atoms with E-state index in [2.05, 4.69) is 44.5 Å². The predicted octanol–water partition coefficient (Wildman–Crippen LogP) is 0.878. The molecule has 0 aromatic heterocycles. The van der Waals surface area contributed by atoms with Crippen LogP contribution >= 0.6 is 12.6 Å². The van der Waals surface area contributed by atoms with Crippen LogP contribution < -0.4 is 37.6 Å². The first-order chi connectivity index (χ1) is 35.1. The molecule has 12 N–H and O–H groups in total. The summed E-state index contributed by atoms with van der Waals surface area (Å²) in [6.45, 7) is 0.983. The molecule has 0 radical (unpaired) electrons. The van der Waals surface area contributed by atoms with Crippen molar-refractivity contribution in [2.45, 2.75) is 127 Å². The van der Waals surface area contributed by atoms with E-state index in [1.54, 1.807) is 60.7 Å². The van der Waals surface area contributed by atoms with Crippen molar-refractivity contribution in [1.82, 2.24) is 31.9 Å². The first kappa shape index (κ1) is 62.7. The van der Waals surface area contributed by atoms with E-state index in [9.17, 15) is 72.9 Å². The first-order valence-electron chi connectivity index (χ1n) is 23.8. The average Bonchev–Trinajstić information content (AvgIpc) is 3.34. The number of urea groups is 1. The molecule has 2 rings (SSSR count). The largest absolute Gasteiger partial charge is 0.481 e. The summed E-state index contributed by atoms with van der Waals surface area (Å²) >= 11 is 3.92. The van der Waals surface area contributed by atoms with Gasteiger partial charge in [0.2, 0.25) is 23.6 Å². The Hall–Kier alpha value is -7.41. The van der Waals surface area contributed by atoms with Crippen molar-refractivity contribution in [3.63, 3.8) is 0 Å². The maximum atomic E-state index is 14.1. The summed E-state index contributed by atoms with van der Waals surface area (Å²) < 4.78 is 4.80. The van der Waals surface area contributed by atoms with Crippen LogP contribution in [0.3, 0.4) is 0 Å². The number of carbonyl (C=O) groups excluding carboxylic acids is 8. The van der Waals surface area contributed by atoms with Gasteiger partial charge >= 0.3 is 29.9 Å². The van der Waals surface area contributed by atoms with Crippen LogP contribution in [0.4, 0.5) is 4.79 Å². The van der Waals surface area contributed by atoms with Crippen LogP contribution in [0.2, 0.25) is 0 Å². The summed E-state index contributed by atoms with van der Waals surface area (Å²) in [7, 11) is 0. The van der Waals surface area contributed by atoms with Crippen molar-refractivity contribution in [2.75, 3.05) is 18.8 Å². The topological polar surface area (TPSA) is 393 Å². The molecule has 0 aliphatic rings. The number of amides is 6. The van der Waals surface area contributed by atoms with Crippen molar-refractivity contribution < 1.29 is 82.7 Å². The number of benzene rings is 2. The van der Waals surface area contributed by atoms with E-state index in [-0.39, 0.29) is 63.7 Å². The SMILES string of the molecule is C[C@@](CCC(=O)O)(NC(=O)N[C@@H](CCC(=O)NCCCCCCC(=O)N[C@@H](Cc1ccccc1)C(=O)C[C@@H](Cc1ccccc1)C(=O)NC[C@H](N)C(=O)NC(CC(=O)O)C(=O)CC(CS)C(=O)O)C(=O)O)OC=O. The average molecular weight is 1060 g/mol. The van der Waals surface area contributed by atoms with Gasteiger partial charge in [0, 0.05) is 56.9 Å². The maximum Gasteiger partial charge on any atom is 0.326 e. The van der Waals surface area contributed by atoms with Gasteiger partial charge in [0.25, 0.3) is 6.47 Å². The lowest BCUT2D eigenvalue weighted by molar-refractivity contribution is -0.149. The van der Waals surface area contributed by atoms with Gasteiger partial charge in [0.15, 0.2) is 17.3 Å². The van der Waals surface area contributed by atoms with Crippen LogP contribution in [-0.4, -0.2) is 141 Å². The van der Waals surface area contributed by atoms with Crippen molar-refractivity contribution in [3.05, 3.63) is 71.8 Å². The van der Waals surface area contributed by atoms with Crippen molar-refractivity contribution in [3.8, 4) is 0 Å². The van der Waals surface area contributed by atoms with E-state index in [0.29, 0.717) is 31.2 Å². The maximum absolute atomic E-state index is 14.1. The number of nitrogens with one attached hydrogen (secondary N) is 6. The quantitative estimate of drug-likeness (QED) is 0.0192. The molecule has 0 heterocycles. The van der Waals surface area contributed by atoms with Gasteiger partial charge in [-0.3, -0.25) is 47.9 Å². The van der Waals surface area contributed by atoms with Gasteiger partial charge in [-0.2, -0.15) is 12.6 Å². The van der Waals surface area contributed by atoms with E-state index in [1.165, 1.54) is 6.92 Å². The first-order valence-corrected chi connectivity index (χ1v) is 24.4. The molecule has 0 aliphatic carbocycles. The van der Waals surface area contributed by atoms with Crippen LogP contribution in [0.5, 0.6) is 0 Å². The lowest BCUT2D eigenvalue weighted by atomic mass is 9.89. The highest BCUT2D eigenvalue weighted by molar-refractivity contribution is 7.80. The molecule has 74 heavy (non-hydrogen) atoms. The second-order valence-corrected chi connectivity index (χ2v) is 18.0. The number of thiol groups is 1. The molecule has 2 aromatic rings. The summed E-state index contributed by atoms with van der Waals surface area (Å²) in [5.74, 6) is -11.8. The van der Waals surface area contributed by atoms with Crippen LogP contribution in [0.15, 0.2) is 60.7 Å². The summed E-state index contributed by atoms with van der Waals surface area (Å²) in [6, 6.07) is 10.9. The van der Waals surface area contributed by atoms with Gasteiger partial charge < -0.3 is 62.8 Å². The zero-order valence-electron chi connectivity index (χ0n) is 41.0. The highest BCUT2D eigenvalue weighted by atomic mass is 32.1. The number of Topliss-reactive ketones (excluding diaryl/α,β-unsaturated/α-hetero) is 2. The number of nitrogens with two attached hydrogens (primary N) is 1. The Morgan fingerprint density at radius 2 is 1.23 bits per heavy atom. The highest BCUT2D eigenvalue weighted by Crippen LogP contribution is 2.18. The minimum atomic E-state index is -1.74. The van der Waals surface area contributed by atoms with Crippen LogP contribution in [-0.2, 0) is 70.3 Å². The third-order valence-electron chi connectivity index (χ3n) is 11.5. The van der Waals surface area contributed by atoms with E-state index in [0.717, 1.165) is 5.56 Å². The molecule has 6 amide bonds. The van der Waals surface area contributed by atoms with Crippen LogP contribution in [0.1, 0.15) is 95.1 Å². The Kier molecular flexibility index (Phi) is 28.3. The normalized spacial score (nSPS) is 14.1. The Labute approximate surface area is 432 Å². The molecular weight excluding hydrogens is 991 g/mol.